The Kier molecular flexibility index (Phi) is 6.56. The van der Waals surface area contributed by atoms with Crippen molar-refractivity contribution in [3.8, 4) is 11.5 Å². The summed E-state index contributed by atoms with van der Waals surface area (Å²) in [4.78, 5) is 25.8. The predicted octanol–water partition coefficient (Wildman–Crippen LogP) is 4.50. The van der Waals surface area contributed by atoms with Crippen molar-refractivity contribution < 1.29 is 19.1 Å². The lowest BCUT2D eigenvalue weighted by molar-refractivity contribution is -0.117. The molecule has 0 aliphatic carbocycles. The maximum absolute atomic E-state index is 12.9. The molecule has 10 heteroatoms. The Balaban J connectivity index is 1.90. The number of hydrogen-bond donors (Lipinski definition) is 2. The van der Waals surface area contributed by atoms with Crippen LogP contribution >= 0.6 is 90.4 Å². The number of ether oxygens (including phenoxy) is 2. The average Bonchev–Trinajstić information content (AvgIpc) is 3.20. The van der Waals surface area contributed by atoms with Crippen LogP contribution in [0.1, 0.15) is 11.1 Å². The molecule has 0 aromatic heterocycles. The molecule has 154 valence electrons. The van der Waals surface area contributed by atoms with E-state index in [0.29, 0.717) is 22.5 Å². The Hall–Kier alpha value is -0.620. The van der Waals surface area contributed by atoms with Crippen molar-refractivity contribution in [3.63, 3.8) is 0 Å². The summed E-state index contributed by atoms with van der Waals surface area (Å²) in [5, 5.41) is 5.78. The molecule has 2 aliphatic rings. The lowest BCUT2D eigenvalue weighted by atomic mass is 10.0. The third kappa shape index (κ3) is 3.74. The van der Waals surface area contributed by atoms with Crippen LogP contribution in [0.25, 0.3) is 11.4 Å². The Bertz CT molecular complexity index is 1060. The largest absolute Gasteiger partial charge is 0.495 e. The van der Waals surface area contributed by atoms with Crippen LogP contribution in [0.15, 0.2) is 35.4 Å². The van der Waals surface area contributed by atoms with Gasteiger partial charge >= 0.3 is 0 Å². The summed E-state index contributed by atoms with van der Waals surface area (Å²) in [5.74, 6) is 0.944. The van der Waals surface area contributed by atoms with Crippen molar-refractivity contribution in [2.75, 3.05) is 14.2 Å². The number of benzene rings is 2. The highest BCUT2D eigenvalue weighted by molar-refractivity contribution is 14.1. The molecule has 2 aliphatic heterocycles. The molecule has 2 N–H and O–H groups in total. The smallest absolute Gasteiger partial charge is 0.258 e. The number of methoxy groups -OCH3 is 2. The van der Waals surface area contributed by atoms with Crippen molar-refractivity contribution in [2.24, 2.45) is 0 Å². The van der Waals surface area contributed by atoms with Gasteiger partial charge in [0, 0.05) is 11.1 Å². The van der Waals surface area contributed by atoms with E-state index in [-0.39, 0.29) is 11.8 Å². The van der Waals surface area contributed by atoms with Crippen molar-refractivity contribution >= 4 is 114 Å². The number of fused-ring (bicyclic) bond motifs is 1. The maximum atomic E-state index is 12.9. The van der Waals surface area contributed by atoms with Gasteiger partial charge in [-0.1, -0.05) is 0 Å². The fourth-order valence-electron chi connectivity index (χ4n) is 3.41. The first kappa shape index (κ1) is 22.6. The second kappa shape index (κ2) is 8.73. The number of nitrogens with one attached hydrogen (secondary N) is 2. The van der Waals surface area contributed by atoms with E-state index in [4.69, 9.17) is 9.47 Å². The van der Waals surface area contributed by atoms with E-state index in [9.17, 15) is 9.59 Å². The Morgan fingerprint density at radius 2 is 0.933 bits per heavy atom. The molecule has 6 nitrogen and oxygen atoms in total. The van der Waals surface area contributed by atoms with E-state index >= 15 is 0 Å². The molecule has 0 bridgehead atoms. The SMILES string of the molecule is COc1c(I)cc(C2=C3C(=O)NC(c4cc(I)c(OC)c(I)c4)=C3C(=O)N2)cc1I. The van der Waals surface area contributed by atoms with Gasteiger partial charge in [-0.15, -0.1) is 0 Å². The quantitative estimate of drug-likeness (QED) is 0.445. The van der Waals surface area contributed by atoms with Gasteiger partial charge in [0.15, 0.2) is 0 Å². The molecule has 0 saturated carbocycles. The number of carbonyl (C=O) groups excluding carboxylic acids is 2. The molecule has 2 amide bonds. The summed E-state index contributed by atoms with van der Waals surface area (Å²) in [5.41, 5.74) is 3.29. The van der Waals surface area contributed by atoms with Crippen molar-refractivity contribution in [1.82, 2.24) is 10.6 Å². The van der Waals surface area contributed by atoms with Crippen LogP contribution in [0.4, 0.5) is 0 Å². The van der Waals surface area contributed by atoms with Gasteiger partial charge in [-0.3, -0.25) is 9.59 Å². The predicted molar refractivity (Wildman–Crippen MR) is 147 cm³/mol. The first-order valence-corrected chi connectivity index (χ1v) is 12.8. The third-order valence-corrected chi connectivity index (χ3v) is 7.87. The molecule has 0 unspecified atom stereocenters. The second-order valence-corrected chi connectivity index (χ2v) is 11.0. The van der Waals surface area contributed by atoms with Crippen LogP contribution < -0.4 is 20.1 Å². The van der Waals surface area contributed by atoms with E-state index in [2.05, 4.69) is 101 Å². The summed E-state index contributed by atoms with van der Waals surface area (Å²) in [7, 11) is 3.24. The van der Waals surface area contributed by atoms with Crippen LogP contribution in [-0.4, -0.2) is 26.0 Å². The molecule has 2 aromatic carbocycles. The average molecular weight is 852 g/mol. The molecule has 0 spiro atoms. The fraction of sp³-hybridized carbons (Fsp3) is 0.100. The number of rotatable bonds is 4. The molecule has 0 radical (unpaired) electrons. The van der Waals surface area contributed by atoms with E-state index in [1.54, 1.807) is 14.2 Å². The van der Waals surface area contributed by atoms with Gasteiger partial charge in [0.25, 0.3) is 11.8 Å². The molecule has 2 heterocycles. The molecule has 2 aromatic rings. The minimum absolute atomic E-state index is 0.296. The summed E-state index contributed by atoms with van der Waals surface area (Å²) < 4.78 is 14.4. The summed E-state index contributed by atoms with van der Waals surface area (Å²) in [6.07, 6.45) is 0. The van der Waals surface area contributed by atoms with Crippen LogP contribution in [0, 0.1) is 14.3 Å². The highest BCUT2D eigenvalue weighted by atomic mass is 127. The number of amides is 2. The van der Waals surface area contributed by atoms with Crippen molar-refractivity contribution in [1.29, 1.82) is 0 Å². The molecule has 4 rings (SSSR count). The molecule has 0 saturated heterocycles. The number of halogens is 4. The summed E-state index contributed by atoms with van der Waals surface area (Å²) in [6.45, 7) is 0. The van der Waals surface area contributed by atoms with Gasteiger partial charge in [0.05, 0.1) is 51.0 Å². The van der Waals surface area contributed by atoms with Crippen LogP contribution in [-0.2, 0) is 9.59 Å². The van der Waals surface area contributed by atoms with Gasteiger partial charge in [-0.05, 0) is 115 Å². The van der Waals surface area contributed by atoms with E-state index in [1.807, 2.05) is 24.3 Å². The number of hydrogen-bond acceptors (Lipinski definition) is 4. The van der Waals surface area contributed by atoms with E-state index in [0.717, 1.165) is 36.9 Å². The van der Waals surface area contributed by atoms with Gasteiger partial charge < -0.3 is 20.1 Å². The van der Waals surface area contributed by atoms with Crippen molar-refractivity contribution in [3.05, 3.63) is 60.8 Å². The minimum Gasteiger partial charge on any atom is -0.495 e. The second-order valence-electron chi connectivity index (χ2n) is 6.35. The Morgan fingerprint density at radius 3 is 1.20 bits per heavy atom. The lowest BCUT2D eigenvalue weighted by Crippen LogP contribution is -2.21. The lowest BCUT2D eigenvalue weighted by Gasteiger charge is -2.12. The van der Waals surface area contributed by atoms with Gasteiger partial charge in [-0.2, -0.15) is 0 Å². The topological polar surface area (TPSA) is 76.7 Å². The van der Waals surface area contributed by atoms with E-state index < -0.39 is 0 Å². The Labute approximate surface area is 227 Å². The van der Waals surface area contributed by atoms with Gasteiger partial charge in [0.1, 0.15) is 11.5 Å². The van der Waals surface area contributed by atoms with Crippen molar-refractivity contribution in [2.45, 2.75) is 0 Å². The molecular formula is C20H12I4N2O4. The zero-order valence-corrected chi connectivity index (χ0v) is 24.1. The minimum atomic E-state index is -0.296. The van der Waals surface area contributed by atoms with Gasteiger partial charge in [-0.25, -0.2) is 0 Å². The highest BCUT2D eigenvalue weighted by Crippen LogP contribution is 2.40. The Morgan fingerprint density at radius 1 is 0.633 bits per heavy atom. The molecule has 30 heavy (non-hydrogen) atoms. The normalized spacial score (nSPS) is 15.4. The third-order valence-electron chi connectivity index (χ3n) is 4.66. The van der Waals surface area contributed by atoms with Crippen LogP contribution in [0.5, 0.6) is 11.5 Å². The first-order chi connectivity index (χ1) is 14.3. The fourth-order valence-corrected chi connectivity index (χ4v) is 7.83. The zero-order valence-electron chi connectivity index (χ0n) is 15.5. The molecular weight excluding hydrogens is 840 g/mol. The standard InChI is InChI=1S/C20H12I4N2O4/c1-29-17-9(21)3-7(4-10(17)22)15-13-14(20(28)25-15)16(26-19(13)27)8-5-11(23)18(30-2)12(24)6-8/h3-6H,1-2H3,(H,25,28)(H,26,27). The van der Waals surface area contributed by atoms with E-state index in [1.165, 1.54) is 0 Å². The summed E-state index contributed by atoms with van der Waals surface area (Å²) in [6, 6.07) is 7.60. The monoisotopic (exact) mass is 852 g/mol. The number of carbonyl (C=O) groups is 2. The van der Waals surface area contributed by atoms with Crippen LogP contribution in [0.2, 0.25) is 0 Å². The first-order valence-electron chi connectivity index (χ1n) is 8.45. The van der Waals surface area contributed by atoms with Gasteiger partial charge in [0.2, 0.25) is 0 Å². The zero-order chi connectivity index (χ0) is 21.7. The highest BCUT2D eigenvalue weighted by Gasteiger charge is 2.41. The molecule has 0 atom stereocenters. The summed E-state index contributed by atoms with van der Waals surface area (Å²) >= 11 is 8.74. The molecule has 0 fully saturated rings. The van der Waals surface area contributed by atoms with Crippen LogP contribution in [0.3, 0.4) is 0 Å². The maximum Gasteiger partial charge on any atom is 0.258 e.